The predicted molar refractivity (Wildman–Crippen MR) is 102 cm³/mol. The highest BCUT2D eigenvalue weighted by molar-refractivity contribution is 7.98. The predicted octanol–water partition coefficient (Wildman–Crippen LogP) is -1.33. The van der Waals surface area contributed by atoms with Crippen LogP contribution in [-0.2, 0) is 19.2 Å². The average molecular weight is 407 g/mol. The van der Waals surface area contributed by atoms with Crippen molar-refractivity contribution >= 4 is 48.1 Å². The highest BCUT2D eigenvalue weighted by Crippen LogP contribution is 2.19. The molecule has 0 aliphatic carbocycles. The van der Waals surface area contributed by atoms with Crippen LogP contribution in [0.15, 0.2) is 0 Å². The molecule has 148 valence electrons. The summed E-state index contributed by atoms with van der Waals surface area (Å²) >= 11 is 5.52. The molecule has 5 N–H and O–H groups in total. The molecule has 1 aliphatic heterocycles. The van der Waals surface area contributed by atoms with Crippen LogP contribution >= 0.6 is 24.4 Å². The largest absolute Gasteiger partial charge is 0.480 e. The van der Waals surface area contributed by atoms with E-state index in [1.165, 1.54) is 16.7 Å². The van der Waals surface area contributed by atoms with E-state index in [2.05, 4.69) is 23.3 Å². The molecule has 0 saturated carbocycles. The van der Waals surface area contributed by atoms with Gasteiger partial charge >= 0.3 is 5.97 Å². The van der Waals surface area contributed by atoms with Crippen molar-refractivity contribution in [2.45, 2.75) is 37.4 Å². The van der Waals surface area contributed by atoms with Gasteiger partial charge in [-0.25, -0.2) is 0 Å². The van der Waals surface area contributed by atoms with E-state index < -0.39 is 42.5 Å². The lowest BCUT2D eigenvalue weighted by Gasteiger charge is -2.29. The van der Waals surface area contributed by atoms with Crippen molar-refractivity contribution in [3.8, 4) is 0 Å². The molecule has 1 heterocycles. The van der Waals surface area contributed by atoms with Gasteiger partial charge < -0.3 is 26.4 Å². The molecule has 3 atom stereocenters. The van der Waals surface area contributed by atoms with Crippen molar-refractivity contribution in [3.05, 3.63) is 0 Å². The van der Waals surface area contributed by atoms with Crippen molar-refractivity contribution in [1.82, 2.24) is 15.5 Å². The molecule has 3 amide bonds. The Kier molecular flexibility index (Phi) is 9.81. The summed E-state index contributed by atoms with van der Waals surface area (Å²) in [6.07, 6.45) is 3.39. The maximum Gasteiger partial charge on any atom is 0.322 e. The van der Waals surface area contributed by atoms with Gasteiger partial charge in [0.1, 0.15) is 18.6 Å². The highest BCUT2D eigenvalue weighted by atomic mass is 32.2. The number of carboxylic acids is 1. The Balaban J connectivity index is 2.81. The monoisotopic (exact) mass is 406 g/mol. The number of hydrogen-bond donors (Lipinski definition) is 5. The molecule has 1 aliphatic rings. The minimum atomic E-state index is -1.15. The lowest BCUT2D eigenvalue weighted by Crippen LogP contribution is -2.56. The molecule has 1 saturated heterocycles. The van der Waals surface area contributed by atoms with Gasteiger partial charge in [-0.15, -0.1) is 0 Å². The fraction of sp³-hybridized carbons (Fsp3) is 0.733. The fourth-order valence-corrected chi connectivity index (χ4v) is 3.28. The van der Waals surface area contributed by atoms with Gasteiger partial charge in [0.2, 0.25) is 17.7 Å². The van der Waals surface area contributed by atoms with Gasteiger partial charge in [0, 0.05) is 12.3 Å². The second-order valence-electron chi connectivity index (χ2n) is 5.93. The highest BCUT2D eigenvalue weighted by Gasteiger charge is 2.37. The quantitative estimate of drug-likeness (QED) is 0.283. The molecule has 9 nitrogen and oxygen atoms in total. The second-order valence-corrected chi connectivity index (χ2v) is 7.28. The maximum atomic E-state index is 12.9. The van der Waals surface area contributed by atoms with E-state index in [1.54, 1.807) is 0 Å². The van der Waals surface area contributed by atoms with Crippen LogP contribution in [-0.4, -0.2) is 82.7 Å². The second kappa shape index (κ2) is 11.3. The van der Waals surface area contributed by atoms with E-state index in [9.17, 15) is 19.2 Å². The summed E-state index contributed by atoms with van der Waals surface area (Å²) in [5, 5.41) is 13.6. The molecule has 26 heavy (non-hydrogen) atoms. The number of carbonyl (C=O) groups is 4. The standard InChI is InChI=1S/C15H26N4O5S2/c1-26-6-4-10(18-13(22)9(16)8-25)15(24)19-5-2-3-11(19)14(23)17-7-12(20)21/h9-11,25H,2-8,16H2,1H3,(H,17,23)(H,18,22)(H,20,21). The Labute approximate surface area is 162 Å². The van der Waals surface area contributed by atoms with Crippen LogP contribution in [0.25, 0.3) is 0 Å². The van der Waals surface area contributed by atoms with Crippen LogP contribution in [0.3, 0.4) is 0 Å². The molecule has 0 bridgehead atoms. The average Bonchev–Trinajstić information content (AvgIpc) is 3.11. The van der Waals surface area contributed by atoms with E-state index in [4.69, 9.17) is 10.8 Å². The number of thiol groups is 1. The zero-order valence-corrected chi connectivity index (χ0v) is 16.4. The van der Waals surface area contributed by atoms with Gasteiger partial charge in [-0.05, 0) is 31.3 Å². The lowest BCUT2D eigenvalue weighted by molar-refractivity contribution is -0.142. The summed E-state index contributed by atoms with van der Waals surface area (Å²) in [5.74, 6) is -1.67. The van der Waals surface area contributed by atoms with E-state index >= 15 is 0 Å². The van der Waals surface area contributed by atoms with E-state index in [0.717, 1.165) is 0 Å². The van der Waals surface area contributed by atoms with Crippen LogP contribution < -0.4 is 16.4 Å². The molecule has 0 aromatic rings. The van der Waals surface area contributed by atoms with Gasteiger partial charge in [-0.2, -0.15) is 24.4 Å². The van der Waals surface area contributed by atoms with Crippen molar-refractivity contribution in [2.24, 2.45) is 5.73 Å². The molecule has 11 heteroatoms. The molecule has 0 aromatic heterocycles. The third-order valence-corrected chi connectivity index (χ3v) is 5.05. The number of nitrogens with one attached hydrogen (secondary N) is 2. The number of likely N-dealkylation sites (tertiary alicyclic amines) is 1. The number of nitrogens with two attached hydrogens (primary N) is 1. The first-order chi connectivity index (χ1) is 12.3. The molecular formula is C15H26N4O5S2. The summed E-state index contributed by atoms with van der Waals surface area (Å²) < 4.78 is 0. The Hall–Kier alpha value is -1.46. The van der Waals surface area contributed by atoms with Gasteiger partial charge in [0.25, 0.3) is 0 Å². The number of carbonyl (C=O) groups excluding carboxylic acids is 3. The number of amides is 3. The SMILES string of the molecule is CSCCC(NC(=O)C(N)CS)C(=O)N1CCCC1C(=O)NCC(=O)O. The van der Waals surface area contributed by atoms with Crippen LogP contribution in [0.4, 0.5) is 0 Å². The molecular weight excluding hydrogens is 380 g/mol. The van der Waals surface area contributed by atoms with Gasteiger partial charge in [-0.3, -0.25) is 19.2 Å². The number of carboxylic acid groups (broad SMARTS) is 1. The maximum absolute atomic E-state index is 12.9. The summed E-state index contributed by atoms with van der Waals surface area (Å²) in [6, 6.07) is -2.33. The molecule has 1 rings (SSSR count). The molecule has 0 spiro atoms. The zero-order chi connectivity index (χ0) is 19.7. The number of aliphatic carboxylic acids is 1. The van der Waals surface area contributed by atoms with Crippen LogP contribution in [0.2, 0.25) is 0 Å². The van der Waals surface area contributed by atoms with Gasteiger partial charge in [-0.1, -0.05) is 0 Å². The first-order valence-corrected chi connectivity index (χ1v) is 10.3. The summed E-state index contributed by atoms with van der Waals surface area (Å²) in [6.45, 7) is -0.116. The summed E-state index contributed by atoms with van der Waals surface area (Å²) in [4.78, 5) is 49.2. The Morgan fingerprint density at radius 1 is 1.38 bits per heavy atom. The minimum absolute atomic E-state index is 0.152. The van der Waals surface area contributed by atoms with Crippen molar-refractivity contribution < 1.29 is 24.3 Å². The summed E-state index contributed by atoms with van der Waals surface area (Å²) in [7, 11) is 0. The summed E-state index contributed by atoms with van der Waals surface area (Å²) in [5.41, 5.74) is 5.65. The van der Waals surface area contributed by atoms with Gasteiger partial charge in [0.05, 0.1) is 6.04 Å². The number of nitrogens with zero attached hydrogens (tertiary/aromatic N) is 1. The van der Waals surface area contributed by atoms with Crippen LogP contribution in [0.5, 0.6) is 0 Å². The topological polar surface area (TPSA) is 142 Å². The lowest BCUT2D eigenvalue weighted by atomic mass is 10.1. The molecule has 1 fully saturated rings. The fourth-order valence-electron chi connectivity index (χ4n) is 2.64. The Bertz CT molecular complexity index is 534. The van der Waals surface area contributed by atoms with Crippen LogP contribution in [0.1, 0.15) is 19.3 Å². The molecule has 0 radical (unpaired) electrons. The number of thioether (sulfide) groups is 1. The number of hydrogen-bond acceptors (Lipinski definition) is 7. The third-order valence-electron chi connectivity index (χ3n) is 4.01. The van der Waals surface area contributed by atoms with Crippen molar-refractivity contribution in [1.29, 1.82) is 0 Å². The number of rotatable bonds is 10. The Morgan fingerprint density at radius 2 is 2.08 bits per heavy atom. The third kappa shape index (κ3) is 6.69. The normalized spacial score (nSPS) is 18.9. The minimum Gasteiger partial charge on any atom is -0.480 e. The smallest absolute Gasteiger partial charge is 0.322 e. The molecule has 3 unspecified atom stereocenters. The van der Waals surface area contributed by atoms with Gasteiger partial charge in [0.15, 0.2) is 0 Å². The van der Waals surface area contributed by atoms with E-state index in [1.807, 2.05) is 6.26 Å². The Morgan fingerprint density at radius 3 is 2.65 bits per heavy atom. The van der Waals surface area contributed by atoms with E-state index in [-0.39, 0.29) is 11.7 Å². The van der Waals surface area contributed by atoms with Crippen molar-refractivity contribution in [2.75, 3.05) is 30.9 Å². The van der Waals surface area contributed by atoms with E-state index in [0.29, 0.717) is 31.6 Å². The first-order valence-electron chi connectivity index (χ1n) is 8.27. The molecule has 0 aromatic carbocycles. The van der Waals surface area contributed by atoms with Crippen LogP contribution in [0, 0.1) is 0 Å². The zero-order valence-electron chi connectivity index (χ0n) is 14.6. The van der Waals surface area contributed by atoms with Crippen molar-refractivity contribution in [3.63, 3.8) is 0 Å². The first kappa shape index (κ1) is 22.6.